The smallest absolute Gasteiger partial charge is 0.352 e. The minimum absolute atomic E-state index is 0.203. The Labute approximate surface area is 126 Å². The lowest BCUT2D eigenvalue weighted by Gasteiger charge is -2.07. The van der Waals surface area contributed by atoms with Crippen molar-refractivity contribution >= 4 is 29.0 Å². The Bertz CT molecular complexity index is 678. The summed E-state index contributed by atoms with van der Waals surface area (Å²) >= 11 is 5.76. The number of carbonyl (C=O) groups is 2. The molecule has 0 fully saturated rings. The van der Waals surface area contributed by atoms with Gasteiger partial charge in [-0.1, -0.05) is 41.9 Å². The Morgan fingerprint density at radius 2 is 1.62 bits per heavy atom. The molecule has 0 amide bonds. The van der Waals surface area contributed by atoms with Crippen LogP contribution >= 0.6 is 11.6 Å². The fourth-order valence-electron chi connectivity index (χ4n) is 1.66. The molecular formula is C16H12ClNO3. The minimum Gasteiger partial charge on any atom is -0.477 e. The zero-order valence-corrected chi connectivity index (χ0v) is 11.7. The molecule has 106 valence electrons. The van der Waals surface area contributed by atoms with Crippen molar-refractivity contribution in [3.05, 3.63) is 77.0 Å². The fraction of sp³-hybridized carbons (Fsp3) is 0. The van der Waals surface area contributed by atoms with Crippen molar-refractivity contribution in [1.29, 1.82) is 0 Å². The Balaban J connectivity index is 2.22. The van der Waals surface area contributed by atoms with E-state index in [0.717, 1.165) is 6.08 Å². The average molecular weight is 302 g/mol. The van der Waals surface area contributed by atoms with Crippen LogP contribution in [0.15, 0.2) is 66.4 Å². The van der Waals surface area contributed by atoms with E-state index in [1.807, 2.05) is 0 Å². The summed E-state index contributed by atoms with van der Waals surface area (Å²) in [5, 5.41) is 12.4. The molecule has 0 aliphatic carbocycles. The van der Waals surface area contributed by atoms with E-state index in [4.69, 9.17) is 11.6 Å². The highest BCUT2D eigenvalue weighted by Gasteiger charge is 2.11. The third kappa shape index (κ3) is 4.19. The van der Waals surface area contributed by atoms with Crippen LogP contribution in [0.25, 0.3) is 0 Å². The summed E-state index contributed by atoms with van der Waals surface area (Å²) in [6.45, 7) is 0. The summed E-state index contributed by atoms with van der Waals surface area (Å²) in [5.41, 5.74) is 0.759. The molecule has 0 aliphatic heterocycles. The minimum atomic E-state index is -1.21. The van der Waals surface area contributed by atoms with E-state index in [-0.39, 0.29) is 11.5 Å². The molecule has 2 N–H and O–H groups in total. The van der Waals surface area contributed by atoms with Crippen LogP contribution in [-0.4, -0.2) is 16.9 Å². The molecule has 0 unspecified atom stereocenters. The van der Waals surface area contributed by atoms with Crippen molar-refractivity contribution in [1.82, 2.24) is 0 Å². The molecule has 0 spiro atoms. The molecule has 0 saturated carbocycles. The van der Waals surface area contributed by atoms with E-state index in [1.54, 1.807) is 54.6 Å². The SMILES string of the molecule is O=C(O)/C(=C/C(=O)c1ccccc1)Nc1ccc(Cl)cc1. The second-order valence-electron chi connectivity index (χ2n) is 4.23. The number of aliphatic carboxylic acids is 1. The highest BCUT2D eigenvalue weighted by atomic mass is 35.5. The van der Waals surface area contributed by atoms with Crippen molar-refractivity contribution in [2.24, 2.45) is 0 Å². The monoisotopic (exact) mass is 301 g/mol. The number of carboxylic acid groups (broad SMARTS) is 1. The summed E-state index contributed by atoms with van der Waals surface area (Å²) in [6.07, 6.45) is 1.06. The van der Waals surface area contributed by atoms with Gasteiger partial charge in [0.15, 0.2) is 5.78 Å². The van der Waals surface area contributed by atoms with Gasteiger partial charge in [0.05, 0.1) is 0 Å². The number of halogens is 1. The van der Waals surface area contributed by atoms with Crippen LogP contribution in [0.5, 0.6) is 0 Å². The van der Waals surface area contributed by atoms with Crippen LogP contribution in [0.3, 0.4) is 0 Å². The number of hydrogen-bond donors (Lipinski definition) is 2. The van der Waals surface area contributed by atoms with Gasteiger partial charge in [0.1, 0.15) is 5.70 Å². The first-order valence-corrected chi connectivity index (χ1v) is 6.51. The summed E-state index contributed by atoms with van der Waals surface area (Å²) in [5.74, 6) is -1.59. The standard InChI is InChI=1S/C16H12ClNO3/c17-12-6-8-13(9-7-12)18-14(16(20)21)10-15(19)11-4-2-1-3-5-11/h1-10,18H,(H,20,21)/b14-10-. The molecule has 0 heterocycles. The Kier molecular flexibility index (Phi) is 4.74. The Morgan fingerprint density at radius 1 is 1.00 bits per heavy atom. The number of anilines is 1. The fourth-order valence-corrected chi connectivity index (χ4v) is 1.78. The number of rotatable bonds is 5. The van der Waals surface area contributed by atoms with E-state index in [9.17, 15) is 14.7 Å². The van der Waals surface area contributed by atoms with Gasteiger partial charge >= 0.3 is 5.97 Å². The van der Waals surface area contributed by atoms with Gasteiger partial charge in [0.2, 0.25) is 0 Å². The van der Waals surface area contributed by atoms with Gasteiger partial charge in [0, 0.05) is 22.3 Å². The molecule has 0 aromatic heterocycles. The Hall–Kier alpha value is -2.59. The molecule has 2 aromatic rings. The predicted molar refractivity (Wildman–Crippen MR) is 81.6 cm³/mol. The van der Waals surface area contributed by atoms with Crippen molar-refractivity contribution in [3.63, 3.8) is 0 Å². The lowest BCUT2D eigenvalue weighted by atomic mass is 10.1. The third-order valence-electron chi connectivity index (χ3n) is 2.69. The normalized spacial score (nSPS) is 11.0. The summed E-state index contributed by atoms with van der Waals surface area (Å²) in [4.78, 5) is 23.2. The van der Waals surface area contributed by atoms with E-state index in [0.29, 0.717) is 16.3 Å². The summed E-state index contributed by atoms with van der Waals surface area (Å²) in [6, 6.07) is 15.0. The van der Waals surface area contributed by atoms with Gasteiger partial charge in [-0.25, -0.2) is 4.79 Å². The van der Waals surface area contributed by atoms with Gasteiger partial charge in [0.25, 0.3) is 0 Å². The van der Waals surface area contributed by atoms with Crippen LogP contribution in [0.2, 0.25) is 5.02 Å². The highest BCUT2D eigenvalue weighted by molar-refractivity contribution is 6.30. The van der Waals surface area contributed by atoms with Crippen LogP contribution < -0.4 is 5.32 Å². The molecular weight excluding hydrogens is 290 g/mol. The second kappa shape index (κ2) is 6.72. The number of benzene rings is 2. The third-order valence-corrected chi connectivity index (χ3v) is 2.94. The summed E-state index contributed by atoms with van der Waals surface area (Å²) < 4.78 is 0. The largest absolute Gasteiger partial charge is 0.477 e. The first-order chi connectivity index (χ1) is 10.1. The van der Waals surface area contributed by atoms with Gasteiger partial charge in [-0.3, -0.25) is 4.79 Å². The molecule has 0 saturated heterocycles. The number of ketones is 1. The van der Waals surface area contributed by atoms with Gasteiger partial charge in [-0.2, -0.15) is 0 Å². The van der Waals surface area contributed by atoms with Crippen LogP contribution in [0.1, 0.15) is 10.4 Å². The van der Waals surface area contributed by atoms with Crippen LogP contribution in [0.4, 0.5) is 5.69 Å². The molecule has 5 heteroatoms. The molecule has 0 bridgehead atoms. The summed E-state index contributed by atoms with van der Waals surface area (Å²) in [7, 11) is 0. The van der Waals surface area contributed by atoms with E-state index < -0.39 is 5.97 Å². The zero-order valence-electron chi connectivity index (χ0n) is 10.9. The molecule has 4 nitrogen and oxygen atoms in total. The van der Waals surface area contributed by atoms with Crippen LogP contribution in [0, 0.1) is 0 Å². The van der Waals surface area contributed by atoms with E-state index in [1.165, 1.54) is 0 Å². The number of allylic oxidation sites excluding steroid dienone is 1. The van der Waals surface area contributed by atoms with Gasteiger partial charge in [-0.15, -0.1) is 0 Å². The maximum Gasteiger partial charge on any atom is 0.352 e. The van der Waals surface area contributed by atoms with Gasteiger partial charge < -0.3 is 10.4 Å². The van der Waals surface area contributed by atoms with Crippen molar-refractivity contribution in [2.45, 2.75) is 0 Å². The van der Waals surface area contributed by atoms with Crippen LogP contribution in [-0.2, 0) is 4.79 Å². The number of hydrogen-bond acceptors (Lipinski definition) is 3. The lowest BCUT2D eigenvalue weighted by molar-refractivity contribution is -0.132. The maximum atomic E-state index is 12.0. The van der Waals surface area contributed by atoms with E-state index in [2.05, 4.69) is 5.32 Å². The number of carboxylic acids is 1. The topological polar surface area (TPSA) is 66.4 Å². The van der Waals surface area contributed by atoms with Crippen molar-refractivity contribution < 1.29 is 14.7 Å². The first-order valence-electron chi connectivity index (χ1n) is 6.13. The molecule has 0 atom stereocenters. The number of carbonyl (C=O) groups excluding carboxylic acids is 1. The number of nitrogens with one attached hydrogen (secondary N) is 1. The quantitative estimate of drug-likeness (QED) is 0.654. The molecule has 0 radical (unpaired) electrons. The molecule has 21 heavy (non-hydrogen) atoms. The second-order valence-corrected chi connectivity index (χ2v) is 4.66. The Morgan fingerprint density at radius 3 is 2.19 bits per heavy atom. The van der Waals surface area contributed by atoms with Crippen molar-refractivity contribution in [2.75, 3.05) is 5.32 Å². The average Bonchev–Trinajstić information content (AvgIpc) is 2.49. The molecule has 0 aliphatic rings. The molecule has 2 aromatic carbocycles. The van der Waals surface area contributed by atoms with E-state index >= 15 is 0 Å². The highest BCUT2D eigenvalue weighted by Crippen LogP contribution is 2.15. The van der Waals surface area contributed by atoms with Crippen molar-refractivity contribution in [3.8, 4) is 0 Å². The predicted octanol–water partition coefficient (Wildman–Crippen LogP) is 3.60. The molecule has 2 rings (SSSR count). The zero-order chi connectivity index (χ0) is 15.2. The van der Waals surface area contributed by atoms with Gasteiger partial charge in [-0.05, 0) is 24.3 Å². The maximum absolute atomic E-state index is 12.0. The first kappa shape index (κ1) is 14.8. The lowest BCUT2D eigenvalue weighted by Crippen LogP contribution is -2.12.